The van der Waals surface area contributed by atoms with E-state index in [1.54, 1.807) is 13.0 Å². The van der Waals surface area contributed by atoms with Crippen LogP contribution in [-0.2, 0) is 0 Å². The van der Waals surface area contributed by atoms with Gasteiger partial charge in [0.05, 0.1) is 5.02 Å². The summed E-state index contributed by atoms with van der Waals surface area (Å²) in [4.78, 5) is 15.0. The Kier molecular flexibility index (Phi) is 6.87. The third kappa shape index (κ3) is 4.17. The molecule has 0 bridgehead atoms. The minimum atomic E-state index is -0.0236. The lowest BCUT2D eigenvalue weighted by Crippen LogP contribution is -2.42. The zero-order chi connectivity index (χ0) is 17.1. The summed E-state index contributed by atoms with van der Waals surface area (Å²) >= 11 is 6.28. The molecule has 0 saturated carbocycles. The van der Waals surface area contributed by atoms with Gasteiger partial charge in [-0.15, -0.1) is 12.4 Å². The Morgan fingerprint density at radius 3 is 2.92 bits per heavy atom. The van der Waals surface area contributed by atoms with Crippen molar-refractivity contribution in [3.63, 3.8) is 0 Å². The standard InChI is InChI=1S/C18H22ClN3O2.ClH/c1-12-16(17(21-24-12)14-7-3-4-8-15(14)19)18(23)22-9-5-6-13(11-22)10-20-2;/h3-4,7-8,13,20H,5-6,9-11H2,1-2H3;1H. The van der Waals surface area contributed by atoms with Crippen molar-refractivity contribution in [3.8, 4) is 11.3 Å². The Bertz CT molecular complexity index is 731. The van der Waals surface area contributed by atoms with Gasteiger partial charge in [-0.2, -0.15) is 0 Å². The number of amides is 1. The molecule has 136 valence electrons. The molecule has 1 atom stereocenters. The highest BCUT2D eigenvalue weighted by atomic mass is 35.5. The number of nitrogens with one attached hydrogen (secondary N) is 1. The predicted molar refractivity (Wildman–Crippen MR) is 101 cm³/mol. The van der Waals surface area contributed by atoms with Gasteiger partial charge in [0, 0.05) is 18.7 Å². The number of benzene rings is 1. The fourth-order valence-electron chi connectivity index (χ4n) is 3.32. The smallest absolute Gasteiger partial charge is 0.259 e. The highest BCUT2D eigenvalue weighted by Crippen LogP contribution is 2.32. The first-order valence-corrected chi connectivity index (χ1v) is 8.64. The second-order valence-electron chi connectivity index (χ2n) is 6.26. The predicted octanol–water partition coefficient (Wildman–Crippen LogP) is 3.80. The van der Waals surface area contributed by atoms with Crippen LogP contribution < -0.4 is 5.32 Å². The first-order chi connectivity index (χ1) is 11.6. The Balaban J connectivity index is 0.00000225. The number of hydrogen-bond acceptors (Lipinski definition) is 4. The fourth-order valence-corrected chi connectivity index (χ4v) is 3.55. The summed E-state index contributed by atoms with van der Waals surface area (Å²) in [5.74, 6) is 0.992. The number of piperidine rings is 1. The molecule has 0 radical (unpaired) electrons. The molecule has 5 nitrogen and oxygen atoms in total. The molecular weight excluding hydrogens is 361 g/mol. The van der Waals surface area contributed by atoms with Crippen LogP contribution in [0, 0.1) is 12.8 Å². The summed E-state index contributed by atoms with van der Waals surface area (Å²) in [6, 6.07) is 7.38. The molecule has 1 aliphatic rings. The average molecular weight is 384 g/mol. The molecule has 1 aliphatic heterocycles. The number of rotatable bonds is 4. The molecule has 0 aliphatic carbocycles. The maximum atomic E-state index is 13.1. The Morgan fingerprint density at radius 2 is 2.20 bits per heavy atom. The number of hydrogen-bond donors (Lipinski definition) is 1. The van der Waals surface area contributed by atoms with Gasteiger partial charge in [0.25, 0.3) is 5.91 Å². The minimum absolute atomic E-state index is 0. The number of likely N-dealkylation sites (tertiary alicyclic amines) is 1. The Hall–Kier alpha value is -1.56. The molecule has 7 heteroatoms. The van der Waals surface area contributed by atoms with Crippen LogP contribution in [0.4, 0.5) is 0 Å². The summed E-state index contributed by atoms with van der Waals surface area (Å²) in [5, 5.41) is 7.86. The maximum absolute atomic E-state index is 13.1. The molecule has 1 N–H and O–H groups in total. The highest BCUT2D eigenvalue weighted by Gasteiger charge is 2.30. The van der Waals surface area contributed by atoms with Crippen molar-refractivity contribution in [2.45, 2.75) is 19.8 Å². The van der Waals surface area contributed by atoms with E-state index < -0.39 is 0 Å². The fraction of sp³-hybridized carbons (Fsp3) is 0.444. The SMILES string of the molecule is CNCC1CCCN(C(=O)c2c(-c3ccccc3Cl)noc2C)C1.Cl. The van der Waals surface area contributed by atoms with E-state index in [1.165, 1.54) is 0 Å². The van der Waals surface area contributed by atoms with Gasteiger partial charge < -0.3 is 14.7 Å². The second-order valence-corrected chi connectivity index (χ2v) is 6.67. The summed E-state index contributed by atoms with van der Waals surface area (Å²) < 4.78 is 5.32. The van der Waals surface area contributed by atoms with Gasteiger partial charge in [0.1, 0.15) is 17.0 Å². The van der Waals surface area contributed by atoms with Crippen LogP contribution in [0.25, 0.3) is 11.3 Å². The lowest BCUT2D eigenvalue weighted by Gasteiger charge is -2.32. The molecule has 2 heterocycles. The van der Waals surface area contributed by atoms with Crippen LogP contribution in [0.15, 0.2) is 28.8 Å². The first-order valence-electron chi connectivity index (χ1n) is 8.27. The zero-order valence-electron chi connectivity index (χ0n) is 14.4. The van der Waals surface area contributed by atoms with E-state index >= 15 is 0 Å². The van der Waals surface area contributed by atoms with Gasteiger partial charge in [-0.25, -0.2) is 0 Å². The van der Waals surface area contributed by atoms with E-state index in [1.807, 2.05) is 30.1 Å². The molecule has 1 amide bonds. The van der Waals surface area contributed by atoms with Gasteiger partial charge in [-0.3, -0.25) is 4.79 Å². The van der Waals surface area contributed by atoms with Crippen LogP contribution >= 0.6 is 24.0 Å². The topological polar surface area (TPSA) is 58.4 Å². The molecule has 3 rings (SSSR count). The van der Waals surface area contributed by atoms with Crippen LogP contribution in [-0.4, -0.2) is 42.6 Å². The van der Waals surface area contributed by atoms with E-state index in [9.17, 15) is 4.79 Å². The summed E-state index contributed by atoms with van der Waals surface area (Å²) in [6.45, 7) is 4.22. The van der Waals surface area contributed by atoms with Crippen molar-refractivity contribution in [3.05, 3.63) is 40.6 Å². The molecule has 2 aromatic rings. The zero-order valence-corrected chi connectivity index (χ0v) is 16.0. The van der Waals surface area contributed by atoms with Gasteiger partial charge in [-0.1, -0.05) is 35.0 Å². The summed E-state index contributed by atoms with van der Waals surface area (Å²) in [7, 11) is 1.94. The van der Waals surface area contributed by atoms with Crippen LogP contribution in [0.1, 0.15) is 29.0 Å². The van der Waals surface area contributed by atoms with Gasteiger partial charge in [0.2, 0.25) is 0 Å². The Labute approximate surface area is 159 Å². The first kappa shape index (κ1) is 19.8. The monoisotopic (exact) mass is 383 g/mol. The largest absolute Gasteiger partial charge is 0.360 e. The van der Waals surface area contributed by atoms with E-state index in [4.69, 9.17) is 16.1 Å². The number of halogens is 2. The number of carbonyl (C=O) groups excluding carboxylic acids is 1. The van der Waals surface area contributed by atoms with Gasteiger partial charge >= 0.3 is 0 Å². The number of nitrogens with zero attached hydrogens (tertiary/aromatic N) is 2. The van der Waals surface area contributed by atoms with Crippen molar-refractivity contribution in [2.75, 3.05) is 26.7 Å². The Morgan fingerprint density at radius 1 is 1.44 bits per heavy atom. The number of carbonyl (C=O) groups is 1. The molecule has 1 aromatic heterocycles. The van der Waals surface area contributed by atoms with Crippen molar-refractivity contribution >= 4 is 29.9 Å². The molecule has 0 spiro atoms. The van der Waals surface area contributed by atoms with Crippen LogP contribution in [0.2, 0.25) is 5.02 Å². The maximum Gasteiger partial charge on any atom is 0.259 e. The van der Waals surface area contributed by atoms with Gasteiger partial charge in [0.15, 0.2) is 0 Å². The molecular formula is C18H23Cl2N3O2. The van der Waals surface area contributed by atoms with Crippen molar-refractivity contribution < 1.29 is 9.32 Å². The van der Waals surface area contributed by atoms with E-state index in [0.717, 1.165) is 38.0 Å². The molecule has 1 saturated heterocycles. The molecule has 1 unspecified atom stereocenters. The average Bonchev–Trinajstić information content (AvgIpc) is 2.96. The van der Waals surface area contributed by atoms with Crippen LogP contribution in [0.3, 0.4) is 0 Å². The van der Waals surface area contributed by atoms with Crippen molar-refractivity contribution in [1.29, 1.82) is 0 Å². The highest BCUT2D eigenvalue weighted by molar-refractivity contribution is 6.33. The number of aromatic nitrogens is 1. The summed E-state index contributed by atoms with van der Waals surface area (Å²) in [6.07, 6.45) is 2.16. The third-order valence-electron chi connectivity index (χ3n) is 4.50. The quantitative estimate of drug-likeness (QED) is 0.871. The van der Waals surface area contributed by atoms with Gasteiger partial charge in [-0.05, 0) is 45.3 Å². The van der Waals surface area contributed by atoms with E-state index in [2.05, 4.69) is 10.5 Å². The summed E-state index contributed by atoms with van der Waals surface area (Å²) in [5.41, 5.74) is 1.77. The van der Waals surface area contributed by atoms with E-state index in [-0.39, 0.29) is 18.3 Å². The molecule has 1 fully saturated rings. The molecule has 25 heavy (non-hydrogen) atoms. The normalized spacial score (nSPS) is 17.2. The third-order valence-corrected chi connectivity index (χ3v) is 4.83. The minimum Gasteiger partial charge on any atom is -0.360 e. The molecule has 1 aromatic carbocycles. The van der Waals surface area contributed by atoms with Crippen LogP contribution in [0.5, 0.6) is 0 Å². The lowest BCUT2D eigenvalue weighted by molar-refractivity contribution is 0.0673. The van der Waals surface area contributed by atoms with E-state index in [0.29, 0.717) is 28.0 Å². The van der Waals surface area contributed by atoms with Crippen molar-refractivity contribution in [2.24, 2.45) is 5.92 Å². The number of aryl methyl sites for hydroxylation is 1. The van der Waals surface area contributed by atoms with Crippen molar-refractivity contribution in [1.82, 2.24) is 15.4 Å². The second kappa shape index (κ2) is 8.70. The lowest BCUT2D eigenvalue weighted by atomic mass is 9.96.